The monoisotopic (exact) mass is 305 g/mol. The van der Waals surface area contributed by atoms with Gasteiger partial charge in [-0.1, -0.05) is 12.1 Å². The van der Waals surface area contributed by atoms with Gasteiger partial charge in [0.25, 0.3) is 0 Å². The smallest absolute Gasteiger partial charge is 0.170 e. The number of fused-ring (bicyclic) bond motifs is 1. The van der Waals surface area contributed by atoms with Crippen molar-refractivity contribution in [3.05, 3.63) is 51.0 Å². The third-order valence-electron chi connectivity index (χ3n) is 4.11. The highest BCUT2D eigenvalue weighted by molar-refractivity contribution is 7.12. The first-order valence-electron chi connectivity index (χ1n) is 7.35. The maximum Gasteiger partial charge on any atom is 0.170 e. The highest BCUT2D eigenvalue weighted by atomic mass is 32.1. The fraction of sp³-hybridized carbons (Fsp3) is 0.412. The lowest BCUT2D eigenvalue weighted by atomic mass is 9.97. The third-order valence-corrected chi connectivity index (χ3v) is 5.41. The van der Waals surface area contributed by atoms with Gasteiger partial charge in [0.05, 0.1) is 13.2 Å². The largest absolute Gasteiger partial charge is 0.494 e. The molecule has 1 aliphatic carbocycles. The summed E-state index contributed by atoms with van der Waals surface area (Å²) in [4.78, 5) is 2.66. The van der Waals surface area contributed by atoms with E-state index >= 15 is 0 Å². The van der Waals surface area contributed by atoms with Crippen LogP contribution in [0.3, 0.4) is 0 Å². The molecule has 1 atom stereocenters. The average molecular weight is 305 g/mol. The van der Waals surface area contributed by atoms with Crippen LogP contribution in [0.4, 0.5) is 4.39 Å². The van der Waals surface area contributed by atoms with Crippen LogP contribution in [0.1, 0.15) is 39.8 Å². The Morgan fingerprint density at radius 2 is 2.10 bits per heavy atom. The van der Waals surface area contributed by atoms with Gasteiger partial charge in [-0.15, -0.1) is 11.3 Å². The van der Waals surface area contributed by atoms with Gasteiger partial charge in [-0.05, 0) is 50.4 Å². The van der Waals surface area contributed by atoms with E-state index in [4.69, 9.17) is 4.74 Å². The quantitative estimate of drug-likeness (QED) is 0.919. The fourth-order valence-electron chi connectivity index (χ4n) is 3.02. The summed E-state index contributed by atoms with van der Waals surface area (Å²) in [6.07, 6.45) is 4.85. The van der Waals surface area contributed by atoms with E-state index in [1.807, 2.05) is 30.5 Å². The molecule has 0 radical (unpaired) electrons. The SMILES string of the molecule is CNC(c1cc2c(s1)CCCC2)c1cccc(OC)c1F. The zero-order chi connectivity index (χ0) is 14.8. The summed E-state index contributed by atoms with van der Waals surface area (Å²) in [7, 11) is 3.38. The van der Waals surface area contributed by atoms with E-state index in [2.05, 4.69) is 11.4 Å². The summed E-state index contributed by atoms with van der Waals surface area (Å²) in [5.74, 6) is 0.0276. The summed E-state index contributed by atoms with van der Waals surface area (Å²) in [5, 5.41) is 3.25. The Balaban J connectivity index is 2.00. The van der Waals surface area contributed by atoms with Gasteiger partial charge in [-0.2, -0.15) is 0 Å². The Kier molecular flexibility index (Phi) is 4.27. The van der Waals surface area contributed by atoms with Gasteiger partial charge in [0.15, 0.2) is 11.6 Å². The number of ether oxygens (including phenoxy) is 1. The standard InChI is InChI=1S/C17H20FNOS/c1-19-17(12-7-5-8-13(20-2)16(12)18)15-10-11-6-3-4-9-14(11)21-15/h5,7-8,10,17,19H,3-4,6,9H2,1-2H3. The molecule has 1 aromatic heterocycles. The number of thiophene rings is 1. The second kappa shape index (κ2) is 6.16. The van der Waals surface area contributed by atoms with Crippen molar-refractivity contribution >= 4 is 11.3 Å². The molecule has 3 rings (SSSR count). The molecule has 1 heterocycles. The maximum atomic E-state index is 14.5. The minimum atomic E-state index is -0.272. The molecule has 0 fully saturated rings. The average Bonchev–Trinajstić information content (AvgIpc) is 2.93. The topological polar surface area (TPSA) is 21.3 Å². The molecule has 2 aromatic rings. The summed E-state index contributed by atoms with van der Waals surface area (Å²) in [6.45, 7) is 0. The number of methoxy groups -OCH3 is 1. The van der Waals surface area contributed by atoms with Crippen molar-refractivity contribution in [2.45, 2.75) is 31.7 Å². The van der Waals surface area contributed by atoms with Crippen LogP contribution in [-0.4, -0.2) is 14.2 Å². The fourth-order valence-corrected chi connectivity index (χ4v) is 4.40. The van der Waals surface area contributed by atoms with Crippen molar-refractivity contribution in [3.8, 4) is 5.75 Å². The first kappa shape index (κ1) is 14.5. The van der Waals surface area contributed by atoms with Crippen molar-refractivity contribution in [3.63, 3.8) is 0 Å². The summed E-state index contributed by atoms with van der Waals surface area (Å²) < 4.78 is 19.6. The first-order chi connectivity index (χ1) is 10.2. The van der Waals surface area contributed by atoms with Crippen molar-refractivity contribution < 1.29 is 9.13 Å². The van der Waals surface area contributed by atoms with E-state index in [0.717, 1.165) is 12.8 Å². The van der Waals surface area contributed by atoms with Crippen LogP contribution in [0.25, 0.3) is 0 Å². The van der Waals surface area contributed by atoms with E-state index in [9.17, 15) is 4.39 Å². The van der Waals surface area contributed by atoms with Crippen LogP contribution in [0, 0.1) is 5.82 Å². The third kappa shape index (κ3) is 2.70. The lowest BCUT2D eigenvalue weighted by molar-refractivity contribution is 0.382. The molecule has 1 aromatic carbocycles. The Bertz CT molecular complexity index is 614. The zero-order valence-electron chi connectivity index (χ0n) is 12.4. The van der Waals surface area contributed by atoms with Gasteiger partial charge in [0, 0.05) is 15.3 Å². The molecular weight excluding hydrogens is 285 g/mol. The molecule has 0 saturated carbocycles. The second-order valence-corrected chi connectivity index (χ2v) is 6.56. The van der Waals surface area contributed by atoms with Gasteiger partial charge < -0.3 is 10.1 Å². The predicted molar refractivity (Wildman–Crippen MR) is 84.8 cm³/mol. The van der Waals surface area contributed by atoms with E-state index in [-0.39, 0.29) is 11.9 Å². The first-order valence-corrected chi connectivity index (χ1v) is 8.17. The lowest BCUT2D eigenvalue weighted by Crippen LogP contribution is -2.18. The molecule has 1 aliphatic rings. The number of hydrogen-bond acceptors (Lipinski definition) is 3. The molecule has 0 spiro atoms. The van der Waals surface area contributed by atoms with Crippen molar-refractivity contribution in [1.82, 2.24) is 5.32 Å². The molecule has 0 amide bonds. The highest BCUT2D eigenvalue weighted by Gasteiger charge is 2.23. The number of aryl methyl sites for hydroxylation is 2. The van der Waals surface area contributed by atoms with Crippen molar-refractivity contribution in [2.24, 2.45) is 0 Å². The summed E-state index contributed by atoms with van der Waals surface area (Å²) >= 11 is 1.82. The molecule has 4 heteroatoms. The molecule has 2 nitrogen and oxygen atoms in total. The molecule has 21 heavy (non-hydrogen) atoms. The van der Waals surface area contributed by atoms with Crippen LogP contribution >= 0.6 is 11.3 Å². The normalized spacial score (nSPS) is 15.6. The molecular formula is C17H20FNOS. The van der Waals surface area contributed by atoms with Gasteiger partial charge >= 0.3 is 0 Å². The van der Waals surface area contributed by atoms with Crippen molar-refractivity contribution in [2.75, 3.05) is 14.2 Å². The Morgan fingerprint density at radius 1 is 1.29 bits per heavy atom. The molecule has 0 aliphatic heterocycles. The lowest BCUT2D eigenvalue weighted by Gasteiger charge is -2.17. The van der Waals surface area contributed by atoms with Crippen LogP contribution in [0.15, 0.2) is 24.3 Å². The number of halogens is 1. The molecule has 112 valence electrons. The van der Waals surface area contributed by atoms with Crippen molar-refractivity contribution in [1.29, 1.82) is 0 Å². The van der Waals surface area contributed by atoms with Crippen LogP contribution < -0.4 is 10.1 Å². The number of hydrogen-bond donors (Lipinski definition) is 1. The van der Waals surface area contributed by atoms with Gasteiger partial charge in [-0.25, -0.2) is 4.39 Å². The molecule has 0 bridgehead atoms. The maximum absolute atomic E-state index is 14.5. The molecule has 0 saturated heterocycles. The number of benzene rings is 1. The van der Waals surface area contributed by atoms with Gasteiger partial charge in [-0.3, -0.25) is 0 Å². The van der Waals surface area contributed by atoms with E-state index in [1.54, 1.807) is 6.07 Å². The minimum Gasteiger partial charge on any atom is -0.494 e. The predicted octanol–water partition coefficient (Wildman–Crippen LogP) is 4.08. The number of rotatable bonds is 4. The van der Waals surface area contributed by atoms with E-state index in [1.165, 1.54) is 35.3 Å². The van der Waals surface area contributed by atoms with Gasteiger partial charge in [0.1, 0.15) is 0 Å². The summed E-state index contributed by atoms with van der Waals surface area (Å²) in [5.41, 5.74) is 2.10. The Labute approximate surface area is 129 Å². The highest BCUT2D eigenvalue weighted by Crippen LogP contribution is 2.37. The second-order valence-electron chi connectivity index (χ2n) is 5.39. The molecule has 1 N–H and O–H groups in total. The van der Waals surface area contributed by atoms with Crippen LogP contribution in [-0.2, 0) is 12.8 Å². The Morgan fingerprint density at radius 3 is 2.81 bits per heavy atom. The van der Waals surface area contributed by atoms with E-state index < -0.39 is 0 Å². The zero-order valence-corrected chi connectivity index (χ0v) is 13.2. The molecule has 1 unspecified atom stereocenters. The van der Waals surface area contributed by atoms with E-state index in [0.29, 0.717) is 11.3 Å². The Hall–Kier alpha value is -1.39. The van der Waals surface area contributed by atoms with Crippen LogP contribution in [0.5, 0.6) is 5.75 Å². The van der Waals surface area contributed by atoms with Gasteiger partial charge in [0.2, 0.25) is 0 Å². The summed E-state index contributed by atoms with van der Waals surface area (Å²) in [6, 6.07) is 7.47. The number of nitrogens with one attached hydrogen (secondary N) is 1. The minimum absolute atomic E-state index is 0.115. The van der Waals surface area contributed by atoms with Crippen LogP contribution in [0.2, 0.25) is 0 Å².